The summed E-state index contributed by atoms with van der Waals surface area (Å²) >= 11 is 0. The molecule has 1 aliphatic carbocycles. The molecule has 0 aromatic carbocycles. The predicted molar refractivity (Wildman–Crippen MR) is 132 cm³/mol. The molecule has 0 unspecified atom stereocenters. The van der Waals surface area contributed by atoms with Gasteiger partial charge in [-0.15, -0.1) is 0 Å². The molecule has 40 heavy (non-hydrogen) atoms. The molecule has 2 saturated heterocycles. The Morgan fingerprint density at radius 1 is 0.850 bits per heavy atom. The molecule has 3 aliphatic rings. The zero-order valence-corrected chi connectivity index (χ0v) is 24.3. The maximum Gasteiger partial charge on any atom is 0.320 e. The highest BCUT2D eigenvalue weighted by Gasteiger charge is 2.56. The normalized spacial score (nSPS) is 31.7. The fraction of sp³-hybridized carbons (Fsp3) is 0.680. The maximum atomic E-state index is 12.7. The van der Waals surface area contributed by atoms with Gasteiger partial charge in [0.1, 0.15) is 18.6 Å². The minimum Gasteiger partial charge on any atom is -0.547 e. The number of ether oxygens (including phenoxy) is 7. The summed E-state index contributed by atoms with van der Waals surface area (Å²) in [6.07, 6.45) is -6.60. The first-order valence-corrected chi connectivity index (χ1v) is 16.1. The molecule has 2 fully saturated rings. The molecule has 0 radical (unpaired) electrons. The average molecular weight is 587 g/mol. The van der Waals surface area contributed by atoms with Crippen molar-refractivity contribution in [3.63, 3.8) is 0 Å². The lowest BCUT2D eigenvalue weighted by molar-refractivity contribution is -0.316. The van der Waals surface area contributed by atoms with E-state index in [0.717, 1.165) is 27.7 Å². The Morgan fingerprint density at radius 2 is 1.43 bits per heavy atom. The van der Waals surface area contributed by atoms with Crippen molar-refractivity contribution in [2.45, 2.75) is 90.6 Å². The molecule has 0 N–H and O–H groups in total. The Hall–Kier alpha value is -3.30. The Balaban J connectivity index is 2.04. The van der Waals surface area contributed by atoms with Crippen LogP contribution in [0.4, 0.5) is 0 Å². The van der Waals surface area contributed by atoms with E-state index in [1.54, 1.807) is 0 Å². The van der Waals surface area contributed by atoms with Gasteiger partial charge in [-0.1, -0.05) is 0 Å². The fourth-order valence-corrected chi connectivity index (χ4v) is 5.68. The number of fused-ring (bicyclic) bond motifs is 1. The molecule has 222 valence electrons. The summed E-state index contributed by atoms with van der Waals surface area (Å²) in [6.45, 7) is 9.81. The van der Waals surface area contributed by atoms with Crippen LogP contribution in [-0.4, -0.2) is 87.5 Å². The number of cyclic esters (lactones) is 2. The van der Waals surface area contributed by atoms with Crippen molar-refractivity contribution in [3.8, 4) is 0 Å². The molecular weight excluding hydrogens is 552 g/mol. The summed E-state index contributed by atoms with van der Waals surface area (Å²) in [5.41, 5.74) is 0. The van der Waals surface area contributed by atoms with Gasteiger partial charge in [0.25, 0.3) is 0 Å². The van der Waals surface area contributed by atoms with E-state index >= 15 is 0 Å². The number of hydrogen-bond acceptors (Lipinski definition) is 14. The molecule has 0 saturated carbocycles. The number of rotatable bonds is 9. The summed E-state index contributed by atoms with van der Waals surface area (Å²) in [5.74, 6) is -6.14. The van der Waals surface area contributed by atoms with Crippen molar-refractivity contribution >= 4 is 44.1 Å². The number of carbonyl (C=O) groups is 6. The van der Waals surface area contributed by atoms with E-state index in [4.69, 9.17) is 37.6 Å². The van der Waals surface area contributed by atoms with Gasteiger partial charge < -0.3 is 37.6 Å². The van der Waals surface area contributed by atoms with Crippen LogP contribution in [0.5, 0.6) is 0 Å². The zero-order chi connectivity index (χ0) is 29.9. The lowest BCUT2D eigenvalue weighted by Crippen LogP contribution is -2.63. The van der Waals surface area contributed by atoms with E-state index in [9.17, 15) is 28.8 Å². The highest BCUT2D eigenvalue weighted by molar-refractivity contribution is 6.70. The van der Waals surface area contributed by atoms with Crippen LogP contribution in [0, 0.1) is 11.8 Å². The summed E-state index contributed by atoms with van der Waals surface area (Å²) in [6, 6.07) is 0. The SMILES string of the molecule is CC(=O)OC[C@H]1O[C@@H](O[C@H]2C=C(O[Si](C)(C)C)C[C@H]3C(=O)OC(=O)[C@@H]23)[C@H](OC(C)=O)[C@@H](OC(C)=O)[C@@H]1OC(C)=O. The standard InChI is InChI=1S/C25H34O14Si/c1-11(26)32-10-18-20(33-12(2)27)21(34-13(3)28)22(35-14(4)29)25(37-18)36-17-9-15(39-40(5,6)7)8-16-19(17)24(31)38-23(16)30/h9,16-22,25H,8,10H2,1-7H3/t16-,17+,18-,19-,20-,21+,22-,25-/m1/s1. The molecule has 2 heterocycles. The van der Waals surface area contributed by atoms with Gasteiger partial charge in [0.2, 0.25) is 8.32 Å². The molecule has 2 aliphatic heterocycles. The summed E-state index contributed by atoms with van der Waals surface area (Å²) in [5, 5.41) is 0. The fourth-order valence-electron chi connectivity index (χ4n) is 4.74. The van der Waals surface area contributed by atoms with Crippen molar-refractivity contribution in [1.29, 1.82) is 0 Å². The largest absolute Gasteiger partial charge is 0.547 e. The lowest BCUT2D eigenvalue weighted by atomic mass is 9.82. The van der Waals surface area contributed by atoms with Crippen molar-refractivity contribution in [2.24, 2.45) is 11.8 Å². The molecule has 3 rings (SSSR count). The van der Waals surface area contributed by atoms with Crippen LogP contribution in [0.3, 0.4) is 0 Å². The molecule has 0 bridgehead atoms. The predicted octanol–water partition coefficient (Wildman–Crippen LogP) is 0.910. The van der Waals surface area contributed by atoms with Crippen molar-refractivity contribution in [1.82, 2.24) is 0 Å². The van der Waals surface area contributed by atoms with Crippen LogP contribution < -0.4 is 0 Å². The molecule has 0 aromatic rings. The second-order valence-corrected chi connectivity index (χ2v) is 15.0. The van der Waals surface area contributed by atoms with E-state index in [0.29, 0.717) is 5.76 Å². The van der Waals surface area contributed by atoms with Crippen LogP contribution in [-0.2, 0) is 66.4 Å². The van der Waals surface area contributed by atoms with Gasteiger partial charge in [0.05, 0.1) is 17.8 Å². The third kappa shape index (κ3) is 7.88. The first-order chi connectivity index (χ1) is 18.6. The van der Waals surface area contributed by atoms with Crippen molar-refractivity contribution < 1.29 is 66.4 Å². The van der Waals surface area contributed by atoms with Gasteiger partial charge in [-0.2, -0.15) is 0 Å². The van der Waals surface area contributed by atoms with Crippen molar-refractivity contribution in [3.05, 3.63) is 11.8 Å². The highest BCUT2D eigenvalue weighted by atomic mass is 28.4. The monoisotopic (exact) mass is 586 g/mol. The number of esters is 6. The van der Waals surface area contributed by atoms with E-state index in [-0.39, 0.29) is 6.42 Å². The van der Waals surface area contributed by atoms with Crippen LogP contribution in [0.15, 0.2) is 11.8 Å². The van der Waals surface area contributed by atoms with E-state index in [1.165, 1.54) is 6.08 Å². The van der Waals surface area contributed by atoms with E-state index in [2.05, 4.69) is 0 Å². The van der Waals surface area contributed by atoms with Gasteiger partial charge in [-0.3, -0.25) is 28.8 Å². The summed E-state index contributed by atoms with van der Waals surface area (Å²) in [7, 11) is -2.15. The topological polar surface area (TPSA) is 176 Å². The highest BCUT2D eigenvalue weighted by Crippen LogP contribution is 2.41. The minimum absolute atomic E-state index is 0.123. The minimum atomic E-state index is -2.15. The molecule has 8 atom stereocenters. The van der Waals surface area contributed by atoms with E-state index < -0.39 is 99.4 Å². The van der Waals surface area contributed by atoms with Gasteiger partial charge in [0.15, 0.2) is 24.6 Å². The third-order valence-corrected chi connectivity index (χ3v) is 6.89. The molecule has 14 nitrogen and oxygen atoms in total. The van der Waals surface area contributed by atoms with Gasteiger partial charge >= 0.3 is 35.8 Å². The van der Waals surface area contributed by atoms with Crippen LogP contribution in [0.1, 0.15) is 34.1 Å². The Labute approximate surface area is 231 Å². The molecule has 0 spiro atoms. The summed E-state index contributed by atoms with van der Waals surface area (Å²) in [4.78, 5) is 72.8. The average Bonchev–Trinajstić information content (AvgIpc) is 3.07. The molecule has 0 aromatic heterocycles. The lowest BCUT2D eigenvalue weighted by Gasteiger charge is -2.45. The van der Waals surface area contributed by atoms with Crippen LogP contribution >= 0.6 is 0 Å². The molecule has 15 heteroatoms. The van der Waals surface area contributed by atoms with Gasteiger partial charge in [-0.05, 0) is 25.7 Å². The number of allylic oxidation sites excluding steroid dienone is 1. The maximum absolute atomic E-state index is 12.7. The number of hydrogen-bond donors (Lipinski definition) is 0. The van der Waals surface area contributed by atoms with Crippen molar-refractivity contribution in [2.75, 3.05) is 6.61 Å². The zero-order valence-electron chi connectivity index (χ0n) is 23.3. The smallest absolute Gasteiger partial charge is 0.320 e. The van der Waals surface area contributed by atoms with E-state index in [1.807, 2.05) is 19.6 Å². The number of carbonyl (C=O) groups excluding carboxylic acids is 6. The Kier molecular flexibility index (Phi) is 9.74. The second-order valence-electron chi connectivity index (χ2n) is 10.6. The Morgan fingerprint density at radius 3 is 1.98 bits per heavy atom. The summed E-state index contributed by atoms with van der Waals surface area (Å²) < 4.78 is 44.4. The molecule has 0 amide bonds. The third-order valence-electron chi connectivity index (χ3n) is 6.01. The van der Waals surface area contributed by atoms with Crippen LogP contribution in [0.2, 0.25) is 19.6 Å². The quantitative estimate of drug-likeness (QED) is 0.161. The van der Waals surface area contributed by atoms with Crippen LogP contribution in [0.25, 0.3) is 0 Å². The second kappa shape index (κ2) is 12.5. The van der Waals surface area contributed by atoms with Gasteiger partial charge in [-0.25, -0.2) is 0 Å². The Bertz CT molecular complexity index is 1080. The first kappa shape index (κ1) is 31.2. The van der Waals surface area contributed by atoms with Gasteiger partial charge in [0, 0.05) is 34.1 Å². The first-order valence-electron chi connectivity index (χ1n) is 12.7. The molecular formula is C25H34O14Si.